The van der Waals surface area contributed by atoms with Crippen LogP contribution in [0.25, 0.3) is 0 Å². The second-order valence-corrected chi connectivity index (χ2v) is 17.4. The summed E-state index contributed by atoms with van der Waals surface area (Å²) in [5, 5.41) is 34.9. The number of para-hydroxylation sites is 2. The summed E-state index contributed by atoms with van der Waals surface area (Å²) in [7, 11) is 0. The SMILES string of the molecule is Clc1ccc(Cn2nnc(C3(c4ccccc4)CCNCC3)n2)cc1.F.O=C(Nc1ccccc1)N1CCC(c2ccccc2)(c2nnn(Cc3ccc(Cl)cc3)n2)CC1.O=C=Nc1ccccc1.[3HH]. The Morgan fingerprint density at radius 3 is 1.48 bits per heavy atom. The molecule has 0 radical (unpaired) electrons. The van der Waals surface area contributed by atoms with Gasteiger partial charge >= 0.3 is 6.03 Å². The maximum atomic E-state index is 12.8. The molecule has 14 nitrogen and oxygen atoms in total. The number of benzene rings is 6. The molecule has 69 heavy (non-hydrogen) atoms. The van der Waals surface area contributed by atoms with Gasteiger partial charge in [-0.05, 0) is 120 Å². The molecule has 0 spiro atoms. The number of nitrogens with one attached hydrogen (secondary N) is 2. The van der Waals surface area contributed by atoms with Gasteiger partial charge < -0.3 is 15.5 Å². The smallest absolute Gasteiger partial charge is 0.321 e. The van der Waals surface area contributed by atoms with E-state index in [0.29, 0.717) is 55.6 Å². The van der Waals surface area contributed by atoms with E-state index in [0.717, 1.165) is 59.2 Å². The molecule has 2 aliphatic heterocycles. The summed E-state index contributed by atoms with van der Waals surface area (Å²) >= 11 is 12.0. The molecule has 0 unspecified atom stereocenters. The van der Waals surface area contributed by atoms with Crippen molar-refractivity contribution in [2.24, 2.45) is 4.99 Å². The number of likely N-dealkylation sites (tertiary alicyclic amines) is 1. The van der Waals surface area contributed by atoms with Crippen LogP contribution >= 0.6 is 23.2 Å². The average molecular weight is 970 g/mol. The highest BCUT2D eigenvalue weighted by atomic mass is 35.5. The summed E-state index contributed by atoms with van der Waals surface area (Å²) in [5.41, 5.74) is 5.44. The molecule has 17 heteroatoms. The number of halogens is 3. The summed E-state index contributed by atoms with van der Waals surface area (Å²) in [6, 6.07) is 54.6. The van der Waals surface area contributed by atoms with Gasteiger partial charge in [0.05, 0.1) is 29.6 Å². The summed E-state index contributed by atoms with van der Waals surface area (Å²) in [4.78, 5) is 31.1. The van der Waals surface area contributed by atoms with Gasteiger partial charge in [-0.15, -0.1) is 20.4 Å². The van der Waals surface area contributed by atoms with Crippen molar-refractivity contribution in [3.05, 3.63) is 214 Å². The molecule has 0 atom stereocenters. The Bertz CT molecular complexity index is 2860. The molecule has 2 amide bonds. The molecule has 6 aromatic carbocycles. The third-order valence-electron chi connectivity index (χ3n) is 12.2. The number of amides is 2. The lowest BCUT2D eigenvalue weighted by molar-refractivity contribution is 0.177. The maximum absolute atomic E-state index is 12.8. The maximum Gasteiger partial charge on any atom is 0.321 e. The predicted molar refractivity (Wildman–Crippen MR) is 268 cm³/mol. The monoisotopic (exact) mass is 968 g/mol. The lowest BCUT2D eigenvalue weighted by Gasteiger charge is -2.40. The normalized spacial score (nSPS) is 14.6. The van der Waals surface area contributed by atoms with Crippen LogP contribution in [0, 0.1) is 0 Å². The molecular formula is C52H53Cl2FN12O2. The number of carbonyl (C=O) groups excluding carboxylic acids is 2. The number of anilines is 1. The fourth-order valence-electron chi connectivity index (χ4n) is 8.53. The van der Waals surface area contributed by atoms with E-state index in [1.165, 1.54) is 11.6 Å². The minimum absolute atomic E-state index is 0. The van der Waals surface area contributed by atoms with Gasteiger partial charge in [0.1, 0.15) is 0 Å². The van der Waals surface area contributed by atoms with E-state index in [-0.39, 0.29) is 17.6 Å². The molecule has 8 aromatic rings. The highest BCUT2D eigenvalue weighted by Crippen LogP contribution is 2.40. The van der Waals surface area contributed by atoms with Crippen molar-refractivity contribution in [3.8, 4) is 0 Å². The molecular weight excluding hydrogens is 915 g/mol. The fourth-order valence-corrected chi connectivity index (χ4v) is 8.78. The van der Waals surface area contributed by atoms with Crippen molar-refractivity contribution in [1.82, 2.24) is 50.6 Å². The number of tetrazole rings is 2. The van der Waals surface area contributed by atoms with E-state index in [2.05, 4.69) is 72.6 Å². The molecule has 0 aliphatic carbocycles. The van der Waals surface area contributed by atoms with Gasteiger partial charge in [0, 0.05) is 30.2 Å². The second-order valence-electron chi connectivity index (χ2n) is 16.5. The van der Waals surface area contributed by atoms with Crippen LogP contribution in [0.3, 0.4) is 0 Å². The number of nitrogens with zero attached hydrogens (tertiary/aromatic N) is 10. The van der Waals surface area contributed by atoms with E-state index in [9.17, 15) is 9.59 Å². The number of aliphatic imine (C=N–C) groups is 1. The number of piperidine rings is 2. The first-order valence-electron chi connectivity index (χ1n) is 22.4. The van der Waals surface area contributed by atoms with Crippen molar-refractivity contribution in [1.29, 1.82) is 0 Å². The Labute approximate surface area is 411 Å². The van der Waals surface area contributed by atoms with Gasteiger partial charge in [0.15, 0.2) is 11.6 Å². The number of hydrogen-bond acceptors (Lipinski definition) is 10. The number of hydrogen-bond donors (Lipinski definition) is 2. The van der Waals surface area contributed by atoms with Crippen LogP contribution in [0.1, 0.15) is 61.0 Å². The Balaban J connectivity index is 0.000000196. The van der Waals surface area contributed by atoms with Crippen molar-refractivity contribution in [2.75, 3.05) is 31.5 Å². The fraction of sp³-hybridized carbons (Fsp3) is 0.231. The summed E-state index contributed by atoms with van der Waals surface area (Å²) in [5.74, 6) is 1.50. The first kappa shape index (κ1) is 49.5. The van der Waals surface area contributed by atoms with Crippen LogP contribution in [0.4, 0.5) is 20.9 Å². The standard InChI is InChI=1S/C26H25ClN6O.C19H20ClN5.C7H5NO.FH.H2/c27-22-13-11-20(12-14-22)19-33-30-24(29-31-33)26(21-7-3-1-4-8-21)15-17-32(18-16-26)25(34)28-23-9-5-2-6-10-23;20-17-8-6-15(7-9-17)14-25-23-18(22-24-25)19(10-12-21-13-11-19)16-4-2-1-3-5-16;9-6-8-7-4-2-1-3-5-7;;/h1-14H,15-19H2,(H,28,34);1-9,21H,10-14H2;1-5H;2*1H/i;;;;1+2. The quantitative estimate of drug-likeness (QED) is 0.100. The zero-order valence-corrected chi connectivity index (χ0v) is 39.2. The van der Waals surface area contributed by atoms with E-state index in [1.54, 1.807) is 21.7 Å². The average Bonchev–Trinajstić information content (AvgIpc) is 4.08. The third kappa shape index (κ3) is 12.8. The molecule has 354 valence electrons. The molecule has 2 fully saturated rings. The van der Waals surface area contributed by atoms with E-state index < -0.39 is 5.41 Å². The first-order valence-corrected chi connectivity index (χ1v) is 23.2. The van der Waals surface area contributed by atoms with Crippen molar-refractivity contribution >= 4 is 46.7 Å². The van der Waals surface area contributed by atoms with Crippen LogP contribution in [0.15, 0.2) is 175 Å². The zero-order valence-electron chi connectivity index (χ0n) is 37.7. The molecule has 10 rings (SSSR count). The van der Waals surface area contributed by atoms with E-state index in [1.807, 2.05) is 126 Å². The van der Waals surface area contributed by atoms with Crippen LogP contribution in [0.2, 0.25) is 10.0 Å². The predicted octanol–water partition coefficient (Wildman–Crippen LogP) is 10.1. The van der Waals surface area contributed by atoms with Crippen LogP contribution in [-0.4, -0.2) is 83.6 Å². The molecule has 4 heterocycles. The van der Waals surface area contributed by atoms with Crippen molar-refractivity contribution in [3.63, 3.8) is 0 Å². The van der Waals surface area contributed by atoms with Crippen molar-refractivity contribution < 1.29 is 15.7 Å². The number of rotatable bonds is 10. The number of aromatic nitrogens is 8. The molecule has 0 saturated carbocycles. The zero-order chi connectivity index (χ0) is 47.0. The lowest BCUT2D eigenvalue weighted by Crippen LogP contribution is -2.47. The highest BCUT2D eigenvalue weighted by Gasteiger charge is 2.43. The summed E-state index contributed by atoms with van der Waals surface area (Å²) in [6.07, 6.45) is 4.84. The van der Waals surface area contributed by atoms with Crippen LogP contribution < -0.4 is 10.6 Å². The van der Waals surface area contributed by atoms with E-state index >= 15 is 0 Å². The van der Waals surface area contributed by atoms with Gasteiger partial charge in [-0.25, -0.2) is 9.59 Å². The van der Waals surface area contributed by atoms with Crippen molar-refractivity contribution in [2.45, 2.75) is 49.6 Å². The van der Waals surface area contributed by atoms with Gasteiger partial charge in [0.25, 0.3) is 0 Å². The van der Waals surface area contributed by atoms with Gasteiger partial charge in [0.2, 0.25) is 6.08 Å². The lowest BCUT2D eigenvalue weighted by atomic mass is 9.72. The third-order valence-corrected chi connectivity index (χ3v) is 12.7. The summed E-state index contributed by atoms with van der Waals surface area (Å²) < 4.78 is 0. The summed E-state index contributed by atoms with van der Waals surface area (Å²) in [6.45, 7) is 4.22. The first-order chi connectivity index (χ1) is 33.3. The number of isocyanates is 1. The molecule has 2 saturated heterocycles. The molecule has 2 aromatic heterocycles. The highest BCUT2D eigenvalue weighted by molar-refractivity contribution is 6.30. The second kappa shape index (κ2) is 24.0. The molecule has 2 N–H and O–H groups in total. The minimum Gasteiger partial charge on any atom is -0.324 e. The van der Waals surface area contributed by atoms with Gasteiger partial charge in [-0.3, -0.25) is 4.70 Å². The minimum atomic E-state index is -0.400. The largest absolute Gasteiger partial charge is 0.324 e. The van der Waals surface area contributed by atoms with E-state index in [4.69, 9.17) is 33.4 Å². The van der Waals surface area contributed by atoms with Gasteiger partial charge in [-0.1, -0.05) is 145 Å². The van der Waals surface area contributed by atoms with Gasteiger partial charge in [-0.2, -0.15) is 14.6 Å². The Morgan fingerprint density at radius 1 is 0.609 bits per heavy atom. The molecule has 2 aliphatic rings. The number of urea groups is 1. The Kier molecular flexibility index (Phi) is 17.2. The topological polar surface area (TPSA) is 161 Å². The molecule has 0 bridgehead atoms. The Morgan fingerprint density at radius 2 is 1.03 bits per heavy atom. The van der Waals surface area contributed by atoms with Crippen LogP contribution in [-0.2, 0) is 28.7 Å². The number of carbonyl (C=O) groups is 1. The van der Waals surface area contributed by atoms with Crippen LogP contribution in [0.5, 0.6) is 0 Å². The Hall–Kier alpha value is -7.42.